The molecule has 0 bridgehead atoms. The second kappa shape index (κ2) is 15.3. The molecule has 5 unspecified atom stereocenters. The van der Waals surface area contributed by atoms with Crippen LogP contribution in [0.4, 0.5) is 10.5 Å². The number of ether oxygens (including phenoxy) is 3. The third-order valence-corrected chi connectivity index (χ3v) is 11.0. The average Bonchev–Trinajstić information content (AvgIpc) is 3.80. The van der Waals surface area contributed by atoms with Gasteiger partial charge in [0, 0.05) is 29.9 Å². The first-order valence-corrected chi connectivity index (χ1v) is 18.3. The molecule has 0 saturated carbocycles. The van der Waals surface area contributed by atoms with E-state index in [-0.39, 0.29) is 54.0 Å². The van der Waals surface area contributed by atoms with Crippen LogP contribution in [0.2, 0.25) is 0 Å². The quantitative estimate of drug-likeness (QED) is 0.189. The third-order valence-electron chi connectivity index (χ3n) is 9.15. The first-order chi connectivity index (χ1) is 24.4. The lowest BCUT2D eigenvalue weighted by Crippen LogP contribution is -2.51. The maximum atomic E-state index is 14.3. The molecule has 0 aliphatic carbocycles. The number of sulfonamides is 1. The standard InChI is InChI=1S/C37H41N3O10S/c1-22(2)19-40(20-32(41)31(17-23-6-4-3-5-7-23)39-37(45)50-33-21-49-36-27(33)14-15-48-36)51(46,47)26-12-13-30-28(18-26)29(34(42)38-30)16-24-8-10-25(11-9-24)35(43)44/h3-13,16,18,22,27,31-33,36,41H,14-15,17,19-21H2,1-2H3,(H,38,42)(H,39,45)(H,43,44)/b29-16-. The van der Waals surface area contributed by atoms with Gasteiger partial charge in [-0.05, 0) is 66.3 Å². The Kier molecular flexibility index (Phi) is 10.9. The molecule has 0 radical (unpaired) electrons. The number of fused-ring (bicyclic) bond motifs is 2. The zero-order chi connectivity index (χ0) is 36.3. The molecule has 4 N–H and O–H groups in total. The summed E-state index contributed by atoms with van der Waals surface area (Å²) >= 11 is 0. The minimum atomic E-state index is -4.24. The Labute approximate surface area is 296 Å². The smallest absolute Gasteiger partial charge is 0.407 e. The summed E-state index contributed by atoms with van der Waals surface area (Å²) in [7, 11) is -4.24. The fourth-order valence-electron chi connectivity index (χ4n) is 6.54. The van der Waals surface area contributed by atoms with Gasteiger partial charge in [-0.2, -0.15) is 4.31 Å². The maximum absolute atomic E-state index is 14.3. The molecule has 51 heavy (non-hydrogen) atoms. The summed E-state index contributed by atoms with van der Waals surface area (Å²) in [4.78, 5) is 37.3. The van der Waals surface area contributed by atoms with E-state index in [4.69, 9.17) is 14.2 Å². The molecule has 2 amide bonds. The highest BCUT2D eigenvalue weighted by Gasteiger charge is 2.44. The number of anilines is 1. The molecule has 14 heteroatoms. The van der Waals surface area contributed by atoms with Crippen LogP contribution in [0.15, 0.2) is 77.7 Å². The van der Waals surface area contributed by atoms with Crippen molar-refractivity contribution in [3.05, 3.63) is 95.1 Å². The number of hydrogen-bond acceptors (Lipinski definition) is 9. The van der Waals surface area contributed by atoms with Crippen molar-refractivity contribution in [3.8, 4) is 0 Å². The summed E-state index contributed by atoms with van der Waals surface area (Å²) in [5, 5.41) is 26.4. The van der Waals surface area contributed by atoms with Crippen molar-refractivity contribution in [2.45, 2.75) is 56.1 Å². The van der Waals surface area contributed by atoms with Gasteiger partial charge in [-0.1, -0.05) is 56.3 Å². The van der Waals surface area contributed by atoms with Gasteiger partial charge in [0.1, 0.15) is 6.10 Å². The Hall–Kier alpha value is -4.60. The van der Waals surface area contributed by atoms with Gasteiger partial charge < -0.3 is 35.1 Å². The second-order valence-corrected chi connectivity index (χ2v) is 15.3. The van der Waals surface area contributed by atoms with Crippen LogP contribution in [0.25, 0.3) is 11.6 Å². The molecular weight excluding hydrogens is 678 g/mol. The van der Waals surface area contributed by atoms with Crippen LogP contribution in [0, 0.1) is 11.8 Å². The van der Waals surface area contributed by atoms with Crippen molar-refractivity contribution in [2.75, 3.05) is 31.6 Å². The van der Waals surface area contributed by atoms with Crippen molar-refractivity contribution in [2.24, 2.45) is 11.8 Å². The van der Waals surface area contributed by atoms with E-state index in [0.717, 1.165) is 5.56 Å². The maximum Gasteiger partial charge on any atom is 0.407 e. The van der Waals surface area contributed by atoms with Crippen LogP contribution < -0.4 is 10.6 Å². The number of nitrogens with one attached hydrogen (secondary N) is 2. The summed E-state index contributed by atoms with van der Waals surface area (Å²) in [5.41, 5.74) is 2.48. The van der Waals surface area contributed by atoms with E-state index >= 15 is 0 Å². The molecule has 270 valence electrons. The Bertz CT molecular complexity index is 1900. The van der Waals surface area contributed by atoms with Crippen LogP contribution in [0.1, 0.15) is 47.3 Å². The van der Waals surface area contributed by atoms with Crippen LogP contribution in [-0.2, 0) is 35.4 Å². The number of amides is 2. The zero-order valence-electron chi connectivity index (χ0n) is 28.2. The van der Waals surface area contributed by atoms with E-state index in [9.17, 15) is 33.0 Å². The molecule has 2 saturated heterocycles. The Morgan fingerprint density at radius 3 is 2.51 bits per heavy atom. The van der Waals surface area contributed by atoms with Crippen molar-refractivity contribution in [1.82, 2.24) is 9.62 Å². The summed E-state index contributed by atoms with van der Waals surface area (Å²) < 4.78 is 46.6. The number of nitrogens with zero attached hydrogens (tertiary/aromatic N) is 1. The van der Waals surface area contributed by atoms with Crippen molar-refractivity contribution in [3.63, 3.8) is 0 Å². The lowest BCUT2D eigenvalue weighted by molar-refractivity contribution is -0.110. The molecule has 3 aliphatic rings. The number of hydrogen-bond donors (Lipinski definition) is 4. The number of carboxylic acids is 1. The minimum Gasteiger partial charge on any atom is -0.478 e. The molecule has 5 atom stereocenters. The highest BCUT2D eigenvalue weighted by Crippen LogP contribution is 2.36. The number of carbonyl (C=O) groups excluding carboxylic acids is 2. The molecule has 3 aromatic carbocycles. The molecule has 2 fully saturated rings. The van der Waals surface area contributed by atoms with Gasteiger partial charge in [0.15, 0.2) is 6.29 Å². The van der Waals surface area contributed by atoms with Gasteiger partial charge in [0.05, 0.1) is 41.7 Å². The lowest BCUT2D eigenvalue weighted by Gasteiger charge is -2.31. The molecule has 13 nitrogen and oxygen atoms in total. The van der Waals surface area contributed by atoms with E-state index in [1.165, 1.54) is 34.6 Å². The SMILES string of the molecule is CC(C)CN(CC(O)C(Cc1ccccc1)NC(=O)OC1COC2OCCC12)S(=O)(=O)c1ccc2c(c1)/C(=C/c1ccc(C(=O)O)cc1)C(=O)N2. The highest BCUT2D eigenvalue weighted by molar-refractivity contribution is 7.89. The normalized spacial score (nSPS) is 21.7. The second-order valence-electron chi connectivity index (χ2n) is 13.3. The average molecular weight is 720 g/mol. The van der Waals surface area contributed by atoms with Crippen LogP contribution in [0.3, 0.4) is 0 Å². The van der Waals surface area contributed by atoms with Gasteiger partial charge >= 0.3 is 12.1 Å². The first kappa shape index (κ1) is 36.2. The van der Waals surface area contributed by atoms with E-state index in [0.29, 0.717) is 29.8 Å². The Balaban J connectivity index is 1.24. The lowest BCUT2D eigenvalue weighted by atomic mass is 10.0. The van der Waals surface area contributed by atoms with Crippen molar-refractivity contribution >= 4 is 45.3 Å². The van der Waals surface area contributed by atoms with Gasteiger partial charge in [-0.15, -0.1) is 0 Å². The van der Waals surface area contributed by atoms with Crippen molar-refractivity contribution in [1.29, 1.82) is 0 Å². The summed E-state index contributed by atoms with van der Waals surface area (Å²) in [6, 6.07) is 18.6. The predicted octanol–water partition coefficient (Wildman–Crippen LogP) is 3.98. The molecule has 3 aromatic rings. The monoisotopic (exact) mass is 719 g/mol. The first-order valence-electron chi connectivity index (χ1n) is 16.8. The topological polar surface area (TPSA) is 181 Å². The number of alkyl carbamates (subject to hydrolysis) is 1. The van der Waals surface area contributed by atoms with Gasteiger partial charge in [0.2, 0.25) is 10.0 Å². The molecule has 6 rings (SSSR count). The molecular formula is C37H41N3O10S. The van der Waals surface area contributed by atoms with Gasteiger partial charge in [0.25, 0.3) is 5.91 Å². The highest BCUT2D eigenvalue weighted by atomic mass is 32.2. The van der Waals surface area contributed by atoms with Crippen molar-refractivity contribution < 1.29 is 47.2 Å². The van der Waals surface area contributed by atoms with E-state index < -0.39 is 52.5 Å². The number of aromatic carboxylic acids is 1. The Morgan fingerprint density at radius 1 is 1.06 bits per heavy atom. The van der Waals surface area contributed by atoms with Gasteiger partial charge in [-0.25, -0.2) is 18.0 Å². The molecule has 3 aliphatic heterocycles. The number of carboxylic acid groups (broad SMARTS) is 1. The predicted molar refractivity (Wildman–Crippen MR) is 187 cm³/mol. The van der Waals surface area contributed by atoms with Crippen LogP contribution in [0.5, 0.6) is 0 Å². The van der Waals surface area contributed by atoms with E-state index in [1.54, 1.807) is 18.2 Å². The molecule has 0 spiro atoms. The fraction of sp³-hybridized carbons (Fsp3) is 0.378. The molecule has 3 heterocycles. The number of rotatable bonds is 13. The summed E-state index contributed by atoms with van der Waals surface area (Å²) in [6.07, 6.45) is -0.530. The molecule has 0 aromatic heterocycles. The van der Waals surface area contributed by atoms with Crippen LogP contribution >= 0.6 is 0 Å². The number of aliphatic hydroxyl groups excluding tert-OH is 1. The summed E-state index contributed by atoms with van der Waals surface area (Å²) in [5.74, 6) is -1.71. The van der Waals surface area contributed by atoms with E-state index in [2.05, 4.69) is 10.6 Å². The minimum absolute atomic E-state index is 0.0667. The van der Waals surface area contributed by atoms with Gasteiger partial charge in [-0.3, -0.25) is 4.79 Å². The largest absolute Gasteiger partial charge is 0.478 e. The fourth-order valence-corrected chi connectivity index (χ4v) is 8.19. The Morgan fingerprint density at radius 2 is 1.80 bits per heavy atom. The van der Waals surface area contributed by atoms with E-state index in [1.807, 2.05) is 44.2 Å². The van der Waals surface area contributed by atoms with Crippen LogP contribution in [-0.4, -0.2) is 91.7 Å². The number of carbonyl (C=O) groups is 3. The third kappa shape index (κ3) is 8.32. The number of benzene rings is 3. The zero-order valence-corrected chi connectivity index (χ0v) is 29.0. The summed E-state index contributed by atoms with van der Waals surface area (Å²) in [6.45, 7) is 4.16. The number of aliphatic hydroxyl groups is 1.